The monoisotopic (exact) mass is 142 g/mol. The number of carbonyl (C=O) groups is 1. The maximum atomic E-state index is 10.0. The minimum atomic E-state index is 0.635. The van der Waals surface area contributed by atoms with E-state index in [-0.39, 0.29) is 0 Å². The Balaban J connectivity index is 3.24. The van der Waals surface area contributed by atoms with Crippen LogP contribution in [-0.4, -0.2) is 12.9 Å². The Labute approximate surface area is 61.9 Å². The van der Waals surface area contributed by atoms with Gasteiger partial charge in [0.2, 0.25) is 0 Å². The lowest BCUT2D eigenvalue weighted by molar-refractivity contribution is -0.105. The lowest BCUT2D eigenvalue weighted by Gasteiger charge is -1.97. The summed E-state index contributed by atoms with van der Waals surface area (Å²) >= 11 is 0. The third-order valence-electron chi connectivity index (χ3n) is 1.07. The van der Waals surface area contributed by atoms with Crippen molar-refractivity contribution in [1.82, 2.24) is 0 Å². The van der Waals surface area contributed by atoms with Crippen LogP contribution in [0.5, 0.6) is 0 Å². The Bertz CT molecular complexity index is 116. The van der Waals surface area contributed by atoms with E-state index in [0.29, 0.717) is 12.2 Å². The summed E-state index contributed by atoms with van der Waals surface area (Å²) in [7, 11) is 0. The highest BCUT2D eigenvalue weighted by Crippen LogP contribution is 1.91. The molecule has 2 nitrogen and oxygen atoms in total. The van der Waals surface area contributed by atoms with Gasteiger partial charge in [-0.1, -0.05) is 13.3 Å². The van der Waals surface area contributed by atoms with Crippen LogP contribution in [0.4, 0.5) is 0 Å². The van der Waals surface area contributed by atoms with Crippen LogP contribution in [0.25, 0.3) is 0 Å². The van der Waals surface area contributed by atoms with Gasteiger partial charge in [-0.25, -0.2) is 0 Å². The van der Waals surface area contributed by atoms with E-state index in [9.17, 15) is 4.79 Å². The van der Waals surface area contributed by atoms with E-state index in [2.05, 4.69) is 6.92 Å². The van der Waals surface area contributed by atoms with Gasteiger partial charge in [-0.3, -0.25) is 4.79 Å². The Kier molecular flexibility index (Phi) is 5.83. The number of ether oxygens (including phenoxy) is 1. The van der Waals surface area contributed by atoms with Gasteiger partial charge in [0.05, 0.1) is 12.9 Å². The maximum absolute atomic E-state index is 10.0. The highest BCUT2D eigenvalue weighted by molar-refractivity contribution is 5.71. The zero-order valence-electron chi connectivity index (χ0n) is 6.59. The molecule has 2 heteroatoms. The van der Waals surface area contributed by atoms with Gasteiger partial charge in [-0.2, -0.15) is 0 Å². The van der Waals surface area contributed by atoms with Gasteiger partial charge >= 0.3 is 0 Å². The van der Waals surface area contributed by atoms with Crippen LogP contribution < -0.4 is 0 Å². The highest BCUT2D eigenvalue weighted by Gasteiger charge is 1.84. The molecule has 0 aromatic carbocycles. The maximum Gasteiger partial charge on any atom is 0.148 e. The fraction of sp³-hybridized carbons (Fsp3) is 0.625. The molecule has 0 unspecified atom stereocenters. The number of hydrogen-bond acceptors (Lipinski definition) is 2. The van der Waals surface area contributed by atoms with Crippen LogP contribution in [0.1, 0.15) is 26.7 Å². The van der Waals surface area contributed by atoms with E-state index in [1.807, 2.05) is 0 Å². The second-order valence-electron chi connectivity index (χ2n) is 2.20. The first-order valence-corrected chi connectivity index (χ1v) is 3.54. The molecule has 0 spiro atoms. The molecule has 0 aliphatic rings. The van der Waals surface area contributed by atoms with Crippen molar-refractivity contribution in [2.45, 2.75) is 26.7 Å². The minimum absolute atomic E-state index is 0.635. The second kappa shape index (κ2) is 6.33. The van der Waals surface area contributed by atoms with Crippen LogP contribution >= 0.6 is 0 Å². The van der Waals surface area contributed by atoms with Crippen molar-refractivity contribution in [2.24, 2.45) is 0 Å². The first kappa shape index (κ1) is 9.21. The zero-order valence-corrected chi connectivity index (χ0v) is 6.59. The molecule has 0 aromatic rings. The number of aldehydes is 1. The van der Waals surface area contributed by atoms with Crippen molar-refractivity contribution in [3.05, 3.63) is 11.8 Å². The van der Waals surface area contributed by atoms with Gasteiger partial charge in [-0.05, 0) is 13.3 Å². The zero-order chi connectivity index (χ0) is 7.82. The molecule has 0 rings (SSSR count). The predicted octanol–water partition coefficient (Wildman–Crippen LogP) is 1.91. The molecule has 0 atom stereocenters. The van der Waals surface area contributed by atoms with Crippen LogP contribution in [0, 0.1) is 0 Å². The normalized spacial score (nSPS) is 11.2. The summed E-state index contributed by atoms with van der Waals surface area (Å²) in [6, 6.07) is 0. The first-order chi connectivity index (χ1) is 4.81. The van der Waals surface area contributed by atoms with Crippen molar-refractivity contribution in [2.75, 3.05) is 6.61 Å². The van der Waals surface area contributed by atoms with Crippen LogP contribution in [0.3, 0.4) is 0 Å². The van der Waals surface area contributed by atoms with Crippen molar-refractivity contribution in [1.29, 1.82) is 0 Å². The summed E-state index contributed by atoms with van der Waals surface area (Å²) < 4.78 is 5.03. The third-order valence-corrected chi connectivity index (χ3v) is 1.07. The van der Waals surface area contributed by atoms with Crippen molar-refractivity contribution in [3.8, 4) is 0 Å². The van der Waals surface area contributed by atoms with Crippen molar-refractivity contribution in [3.63, 3.8) is 0 Å². The van der Waals surface area contributed by atoms with Crippen molar-refractivity contribution < 1.29 is 9.53 Å². The standard InChI is InChI=1S/C8H14O2/c1-3-4-5-10-7-8(2)6-9/h6-7H,3-5H2,1-2H3/b8-7-. The molecule has 0 aliphatic heterocycles. The number of unbranched alkanes of at least 4 members (excludes halogenated alkanes) is 1. The first-order valence-electron chi connectivity index (χ1n) is 3.54. The van der Waals surface area contributed by atoms with Gasteiger partial charge in [0.1, 0.15) is 6.29 Å². The van der Waals surface area contributed by atoms with E-state index >= 15 is 0 Å². The topological polar surface area (TPSA) is 26.3 Å². The Morgan fingerprint density at radius 1 is 1.60 bits per heavy atom. The predicted molar refractivity (Wildman–Crippen MR) is 40.7 cm³/mol. The second-order valence-corrected chi connectivity index (χ2v) is 2.20. The van der Waals surface area contributed by atoms with Gasteiger partial charge in [-0.15, -0.1) is 0 Å². The molecule has 0 amide bonds. The smallest absolute Gasteiger partial charge is 0.148 e. The third kappa shape index (κ3) is 5.35. The number of rotatable bonds is 5. The molecule has 0 aromatic heterocycles. The van der Waals surface area contributed by atoms with Gasteiger partial charge < -0.3 is 4.74 Å². The molecule has 0 bridgehead atoms. The minimum Gasteiger partial charge on any atom is -0.501 e. The van der Waals surface area contributed by atoms with Crippen LogP contribution in [-0.2, 0) is 9.53 Å². The summed E-state index contributed by atoms with van der Waals surface area (Å²) in [5.74, 6) is 0. The van der Waals surface area contributed by atoms with Crippen molar-refractivity contribution >= 4 is 6.29 Å². The molecular weight excluding hydrogens is 128 g/mol. The molecular formula is C8H14O2. The SMILES string of the molecule is CCCCO/C=C(/C)C=O. The Morgan fingerprint density at radius 3 is 2.80 bits per heavy atom. The molecule has 10 heavy (non-hydrogen) atoms. The highest BCUT2D eigenvalue weighted by atomic mass is 16.5. The average molecular weight is 142 g/mol. The van der Waals surface area contributed by atoms with E-state index in [1.54, 1.807) is 6.92 Å². The Hall–Kier alpha value is -0.790. The summed E-state index contributed by atoms with van der Waals surface area (Å²) in [5.41, 5.74) is 0.635. The summed E-state index contributed by atoms with van der Waals surface area (Å²) in [5, 5.41) is 0. The quantitative estimate of drug-likeness (QED) is 0.253. The van der Waals surface area contributed by atoms with E-state index < -0.39 is 0 Å². The van der Waals surface area contributed by atoms with Gasteiger partial charge in [0, 0.05) is 5.57 Å². The van der Waals surface area contributed by atoms with Gasteiger partial charge in [0.25, 0.3) is 0 Å². The molecule has 0 saturated carbocycles. The summed E-state index contributed by atoms with van der Waals surface area (Å²) in [6.07, 6.45) is 4.45. The molecule has 0 aliphatic carbocycles. The van der Waals surface area contributed by atoms with Gasteiger partial charge in [0.15, 0.2) is 0 Å². The summed E-state index contributed by atoms with van der Waals surface area (Å²) in [4.78, 5) is 10.0. The van der Waals surface area contributed by atoms with E-state index in [1.165, 1.54) is 6.26 Å². The lowest BCUT2D eigenvalue weighted by Crippen LogP contribution is -1.87. The number of hydrogen-bond donors (Lipinski definition) is 0. The Morgan fingerprint density at radius 2 is 2.30 bits per heavy atom. The molecule has 0 saturated heterocycles. The van der Waals surface area contributed by atoms with Crippen LogP contribution in [0.15, 0.2) is 11.8 Å². The molecule has 58 valence electrons. The van der Waals surface area contributed by atoms with Crippen LogP contribution in [0.2, 0.25) is 0 Å². The average Bonchev–Trinajstić information content (AvgIpc) is 1.98. The van der Waals surface area contributed by atoms with E-state index in [4.69, 9.17) is 4.74 Å². The summed E-state index contributed by atoms with van der Waals surface area (Å²) in [6.45, 7) is 4.53. The number of carbonyl (C=O) groups excluding carboxylic acids is 1. The van der Waals surface area contributed by atoms with E-state index in [0.717, 1.165) is 19.1 Å². The number of allylic oxidation sites excluding steroid dienone is 1. The molecule has 0 fully saturated rings. The largest absolute Gasteiger partial charge is 0.501 e. The lowest BCUT2D eigenvalue weighted by atomic mass is 10.3. The fourth-order valence-electron chi connectivity index (χ4n) is 0.446. The molecule has 0 radical (unpaired) electrons. The molecule has 0 heterocycles. The molecule has 0 N–H and O–H groups in total. The fourth-order valence-corrected chi connectivity index (χ4v) is 0.446.